The number of rotatable bonds is 3. The first-order valence-electron chi connectivity index (χ1n) is 9.01. The van der Waals surface area contributed by atoms with Gasteiger partial charge in [0.1, 0.15) is 16.7 Å². The van der Waals surface area contributed by atoms with E-state index in [0.717, 1.165) is 49.9 Å². The monoisotopic (exact) mass is 406 g/mol. The van der Waals surface area contributed by atoms with Crippen molar-refractivity contribution in [3.8, 4) is 0 Å². The molecule has 0 aliphatic carbocycles. The van der Waals surface area contributed by atoms with Crippen molar-refractivity contribution in [3.05, 3.63) is 23.5 Å². The molecule has 7 nitrogen and oxygen atoms in total. The molecule has 4 rings (SSSR count). The summed E-state index contributed by atoms with van der Waals surface area (Å²) in [5.74, 6) is 2.12. The summed E-state index contributed by atoms with van der Waals surface area (Å²) in [6, 6.07) is 1.79. The number of hydrogen-bond acceptors (Lipinski definition) is 8. The molecule has 2 aromatic heterocycles. The topological polar surface area (TPSA) is 103 Å². The minimum Gasteiger partial charge on any atom is -0.382 e. The first kappa shape index (κ1) is 18.6. The van der Waals surface area contributed by atoms with Gasteiger partial charge in [-0.05, 0) is 24.8 Å². The fraction of sp³-hybridized carbons (Fsp3) is 0.500. The third-order valence-electron chi connectivity index (χ3n) is 5.72. The molecule has 1 spiro atoms. The van der Waals surface area contributed by atoms with Gasteiger partial charge in [-0.3, -0.25) is 0 Å². The van der Waals surface area contributed by atoms with Gasteiger partial charge in [-0.25, -0.2) is 15.0 Å². The second-order valence-corrected chi connectivity index (χ2v) is 8.70. The molecule has 0 bridgehead atoms. The molecule has 2 aliphatic heterocycles. The van der Waals surface area contributed by atoms with E-state index in [9.17, 15) is 0 Å². The van der Waals surface area contributed by atoms with E-state index in [1.165, 1.54) is 11.8 Å². The molecule has 0 saturated carbocycles. The summed E-state index contributed by atoms with van der Waals surface area (Å²) in [5, 5.41) is 1.01. The normalized spacial score (nSPS) is 21.7. The lowest BCUT2D eigenvalue weighted by Gasteiger charge is -2.41. The van der Waals surface area contributed by atoms with Crippen molar-refractivity contribution < 1.29 is 4.74 Å². The van der Waals surface area contributed by atoms with Crippen molar-refractivity contribution in [2.45, 2.75) is 29.7 Å². The van der Waals surface area contributed by atoms with E-state index in [-0.39, 0.29) is 5.82 Å². The number of pyridine rings is 1. The summed E-state index contributed by atoms with van der Waals surface area (Å²) in [6.07, 6.45) is 5.61. The van der Waals surface area contributed by atoms with Gasteiger partial charge in [0, 0.05) is 36.2 Å². The Morgan fingerprint density at radius 3 is 2.70 bits per heavy atom. The van der Waals surface area contributed by atoms with Crippen LogP contribution in [0.25, 0.3) is 0 Å². The van der Waals surface area contributed by atoms with Crippen LogP contribution < -0.4 is 16.4 Å². The van der Waals surface area contributed by atoms with Gasteiger partial charge in [-0.1, -0.05) is 30.3 Å². The van der Waals surface area contributed by atoms with Crippen molar-refractivity contribution in [2.75, 3.05) is 42.7 Å². The molecule has 0 unspecified atom stereocenters. The van der Waals surface area contributed by atoms with Crippen LogP contribution in [0.2, 0.25) is 5.02 Å². The molecule has 2 saturated heterocycles. The van der Waals surface area contributed by atoms with Crippen LogP contribution >= 0.6 is 23.4 Å². The Bertz CT molecular complexity index is 843. The summed E-state index contributed by atoms with van der Waals surface area (Å²) in [7, 11) is 0. The number of halogens is 1. The molecule has 0 radical (unpaired) electrons. The van der Waals surface area contributed by atoms with Gasteiger partial charge < -0.3 is 21.1 Å². The first-order valence-corrected chi connectivity index (χ1v) is 10.2. The zero-order chi connectivity index (χ0) is 19.0. The zero-order valence-electron chi connectivity index (χ0n) is 15.2. The number of piperidine rings is 1. The highest BCUT2D eigenvalue weighted by Gasteiger charge is 2.43. The summed E-state index contributed by atoms with van der Waals surface area (Å²) < 4.78 is 5.71. The van der Waals surface area contributed by atoms with E-state index in [1.54, 1.807) is 18.5 Å². The Labute approximate surface area is 167 Å². The van der Waals surface area contributed by atoms with Gasteiger partial charge in [-0.15, -0.1) is 0 Å². The van der Waals surface area contributed by atoms with Crippen molar-refractivity contribution >= 4 is 40.8 Å². The van der Waals surface area contributed by atoms with Gasteiger partial charge in [0.05, 0.1) is 17.8 Å². The third-order valence-corrected chi connectivity index (χ3v) is 7.30. The van der Waals surface area contributed by atoms with Gasteiger partial charge in [0.25, 0.3) is 0 Å². The lowest BCUT2D eigenvalue weighted by Crippen LogP contribution is -2.43. The maximum absolute atomic E-state index is 6.20. The van der Waals surface area contributed by atoms with Crippen molar-refractivity contribution in [2.24, 2.45) is 11.3 Å². The molecule has 2 aliphatic rings. The van der Waals surface area contributed by atoms with Crippen LogP contribution in [0.1, 0.15) is 19.8 Å². The Kier molecular flexibility index (Phi) is 5.05. The van der Waals surface area contributed by atoms with E-state index >= 15 is 0 Å². The predicted octanol–water partition coefficient (Wildman–Crippen LogP) is 3.09. The van der Waals surface area contributed by atoms with Gasteiger partial charge in [0.15, 0.2) is 5.82 Å². The Morgan fingerprint density at radius 1 is 1.26 bits per heavy atom. The highest BCUT2D eigenvalue weighted by atomic mass is 35.5. The first-order chi connectivity index (χ1) is 13.0. The number of nitrogen functional groups attached to an aromatic ring is 2. The van der Waals surface area contributed by atoms with Gasteiger partial charge >= 0.3 is 0 Å². The molecule has 2 fully saturated rings. The quantitative estimate of drug-likeness (QED) is 0.801. The minimum absolute atomic E-state index is 0.289. The summed E-state index contributed by atoms with van der Waals surface area (Å²) in [6.45, 7) is 5.94. The van der Waals surface area contributed by atoms with Gasteiger partial charge in [0.2, 0.25) is 0 Å². The average molecular weight is 407 g/mol. The average Bonchev–Trinajstić information content (AvgIpc) is 3.01. The Morgan fingerprint density at radius 2 is 2.04 bits per heavy atom. The summed E-state index contributed by atoms with van der Waals surface area (Å²) in [5.41, 5.74) is 12.2. The Hall–Kier alpha value is -1.77. The zero-order valence-corrected chi connectivity index (χ0v) is 16.8. The summed E-state index contributed by atoms with van der Waals surface area (Å²) in [4.78, 5) is 16.1. The van der Waals surface area contributed by atoms with Crippen molar-refractivity contribution in [1.29, 1.82) is 0 Å². The lowest BCUT2D eigenvalue weighted by molar-refractivity contribution is 0.127. The number of anilines is 3. The van der Waals surface area contributed by atoms with Crippen LogP contribution in [-0.2, 0) is 4.74 Å². The molecule has 27 heavy (non-hydrogen) atoms. The van der Waals surface area contributed by atoms with Crippen molar-refractivity contribution in [1.82, 2.24) is 15.0 Å². The number of nitrogens with two attached hydrogens (primary N) is 2. The van der Waals surface area contributed by atoms with Gasteiger partial charge in [-0.2, -0.15) is 0 Å². The molecule has 144 valence electrons. The highest BCUT2D eigenvalue weighted by molar-refractivity contribution is 7.99. The molecule has 4 heterocycles. The predicted molar refractivity (Wildman–Crippen MR) is 108 cm³/mol. The van der Waals surface area contributed by atoms with Crippen LogP contribution in [-0.4, -0.2) is 41.3 Å². The summed E-state index contributed by atoms with van der Waals surface area (Å²) >= 11 is 7.54. The van der Waals surface area contributed by atoms with E-state index in [1.807, 2.05) is 0 Å². The van der Waals surface area contributed by atoms with E-state index in [2.05, 4.69) is 26.8 Å². The van der Waals surface area contributed by atoms with E-state index in [4.69, 9.17) is 27.8 Å². The van der Waals surface area contributed by atoms with Crippen LogP contribution in [0.3, 0.4) is 0 Å². The standard InChI is InChI=1S/C18H23ClN6OS/c1-11-9-26-10-18(11)3-6-25(7-4-18)13-8-23-17(16(21)24-13)27-12-2-5-22-15(20)14(12)19/h2,5,8,11H,3-4,6-7,9-10H2,1H3,(H2,20,22)(H2,21,24)/t11-/m1/s1. The molecular weight excluding hydrogens is 384 g/mol. The SMILES string of the molecule is C[C@@H]1COCC12CCN(c1cnc(Sc3ccnc(N)c3Cl)c(N)n1)CC2. The molecule has 9 heteroatoms. The fourth-order valence-corrected chi connectivity index (χ4v) is 4.83. The second kappa shape index (κ2) is 7.33. The number of nitrogens with zero attached hydrogens (tertiary/aromatic N) is 4. The lowest BCUT2D eigenvalue weighted by atomic mass is 9.72. The van der Waals surface area contributed by atoms with Crippen LogP contribution in [0, 0.1) is 11.3 Å². The molecule has 1 atom stereocenters. The molecule has 0 aromatic carbocycles. The number of hydrogen-bond donors (Lipinski definition) is 2. The largest absolute Gasteiger partial charge is 0.382 e. The third kappa shape index (κ3) is 3.53. The Balaban J connectivity index is 1.47. The van der Waals surface area contributed by atoms with E-state index in [0.29, 0.717) is 27.2 Å². The van der Waals surface area contributed by atoms with Crippen LogP contribution in [0.4, 0.5) is 17.5 Å². The van der Waals surface area contributed by atoms with Crippen LogP contribution in [0.5, 0.6) is 0 Å². The molecular formula is C18H23ClN6OS. The van der Waals surface area contributed by atoms with Crippen LogP contribution in [0.15, 0.2) is 28.4 Å². The molecule has 2 aromatic rings. The second-order valence-electron chi connectivity index (χ2n) is 7.29. The smallest absolute Gasteiger partial charge is 0.158 e. The number of aromatic nitrogens is 3. The highest BCUT2D eigenvalue weighted by Crippen LogP contribution is 2.44. The minimum atomic E-state index is 0.289. The maximum atomic E-state index is 6.20. The van der Waals surface area contributed by atoms with E-state index < -0.39 is 0 Å². The number of ether oxygens (including phenoxy) is 1. The molecule has 0 amide bonds. The molecule has 4 N–H and O–H groups in total. The fourth-order valence-electron chi connectivity index (χ4n) is 3.81. The van der Waals surface area contributed by atoms with Crippen molar-refractivity contribution in [3.63, 3.8) is 0 Å². The maximum Gasteiger partial charge on any atom is 0.158 e.